The first kappa shape index (κ1) is 12.3. The highest BCUT2D eigenvalue weighted by atomic mass is 79.9. The summed E-state index contributed by atoms with van der Waals surface area (Å²) in [7, 11) is 0. The summed E-state index contributed by atoms with van der Waals surface area (Å²) in [4.78, 5) is 4.42. The van der Waals surface area contributed by atoms with Crippen molar-refractivity contribution in [1.29, 1.82) is 0 Å². The quantitative estimate of drug-likeness (QED) is 0.941. The zero-order valence-corrected chi connectivity index (χ0v) is 11.3. The summed E-state index contributed by atoms with van der Waals surface area (Å²) in [6.45, 7) is 2.06. The van der Waals surface area contributed by atoms with E-state index in [1.807, 2.05) is 24.4 Å². The van der Waals surface area contributed by atoms with Gasteiger partial charge >= 0.3 is 0 Å². The zero-order chi connectivity index (χ0) is 12.3. The van der Waals surface area contributed by atoms with Crippen molar-refractivity contribution < 1.29 is 0 Å². The highest BCUT2D eigenvalue weighted by Crippen LogP contribution is 2.19. The Morgan fingerprint density at radius 2 is 2.00 bits per heavy atom. The lowest BCUT2D eigenvalue weighted by Gasteiger charge is -2.13. The van der Waals surface area contributed by atoms with Gasteiger partial charge in [0.15, 0.2) is 0 Å². The summed E-state index contributed by atoms with van der Waals surface area (Å²) in [5.41, 5.74) is 9.56. The van der Waals surface area contributed by atoms with Crippen molar-refractivity contribution >= 4 is 15.9 Å². The summed E-state index contributed by atoms with van der Waals surface area (Å²) in [6.07, 6.45) is 2.59. The molecule has 0 saturated carbocycles. The summed E-state index contributed by atoms with van der Waals surface area (Å²) in [5, 5.41) is 0. The Kier molecular flexibility index (Phi) is 3.92. The predicted octanol–water partition coefficient (Wildman–Crippen LogP) is 3.40. The Balaban J connectivity index is 2.16. The molecule has 0 aliphatic rings. The number of halogens is 1. The number of pyridine rings is 1. The van der Waals surface area contributed by atoms with Gasteiger partial charge in [-0.05, 0) is 40.0 Å². The molecule has 0 radical (unpaired) electrons. The molecule has 17 heavy (non-hydrogen) atoms. The second-order valence-corrected chi connectivity index (χ2v) is 5.05. The maximum absolute atomic E-state index is 6.18. The third-order valence-electron chi connectivity index (χ3n) is 2.79. The summed E-state index contributed by atoms with van der Waals surface area (Å²) < 4.78 is 1.01. The molecule has 2 aromatic rings. The van der Waals surface area contributed by atoms with Crippen LogP contribution in [0.3, 0.4) is 0 Å². The molecule has 0 aliphatic heterocycles. The van der Waals surface area contributed by atoms with Gasteiger partial charge in [-0.3, -0.25) is 4.98 Å². The van der Waals surface area contributed by atoms with Crippen molar-refractivity contribution in [2.24, 2.45) is 5.73 Å². The van der Waals surface area contributed by atoms with Crippen LogP contribution in [-0.4, -0.2) is 4.98 Å². The molecule has 0 amide bonds. The van der Waals surface area contributed by atoms with Gasteiger partial charge < -0.3 is 5.73 Å². The van der Waals surface area contributed by atoms with Crippen LogP contribution in [0.1, 0.15) is 22.9 Å². The average Bonchev–Trinajstić information content (AvgIpc) is 2.34. The number of benzene rings is 1. The first-order chi connectivity index (χ1) is 8.16. The molecule has 2 rings (SSSR count). The van der Waals surface area contributed by atoms with Gasteiger partial charge in [-0.15, -0.1) is 0 Å². The fraction of sp³-hybridized carbons (Fsp3) is 0.214. The second-order valence-electron chi connectivity index (χ2n) is 4.14. The van der Waals surface area contributed by atoms with Crippen LogP contribution in [-0.2, 0) is 6.42 Å². The van der Waals surface area contributed by atoms with Crippen LogP contribution in [0.15, 0.2) is 47.1 Å². The molecule has 3 heteroatoms. The number of nitrogens with two attached hydrogens (primary N) is 1. The van der Waals surface area contributed by atoms with Gasteiger partial charge in [0.25, 0.3) is 0 Å². The predicted molar refractivity (Wildman–Crippen MR) is 73.7 cm³/mol. The molecule has 1 aromatic carbocycles. The molecule has 1 heterocycles. The van der Waals surface area contributed by atoms with Gasteiger partial charge in [0, 0.05) is 28.8 Å². The second kappa shape index (κ2) is 5.43. The molecule has 1 aromatic heterocycles. The average molecular weight is 291 g/mol. The first-order valence-corrected chi connectivity index (χ1v) is 6.37. The maximum atomic E-state index is 6.18. The van der Waals surface area contributed by atoms with Gasteiger partial charge in [-0.25, -0.2) is 0 Å². The van der Waals surface area contributed by atoms with Crippen molar-refractivity contribution in [3.63, 3.8) is 0 Å². The molecule has 0 fully saturated rings. The summed E-state index contributed by atoms with van der Waals surface area (Å²) in [6, 6.07) is 12.2. The Morgan fingerprint density at radius 1 is 1.29 bits per heavy atom. The minimum absolute atomic E-state index is 0.00331. The zero-order valence-electron chi connectivity index (χ0n) is 9.73. The van der Waals surface area contributed by atoms with Crippen LogP contribution < -0.4 is 5.73 Å². The third kappa shape index (κ3) is 3.14. The smallest absolute Gasteiger partial charge is 0.0452 e. The Bertz CT molecular complexity index is 497. The lowest BCUT2D eigenvalue weighted by molar-refractivity contribution is 0.702. The Hall–Kier alpha value is -1.19. The number of hydrogen-bond acceptors (Lipinski definition) is 2. The van der Waals surface area contributed by atoms with Crippen molar-refractivity contribution in [2.75, 3.05) is 0 Å². The molecule has 0 bridgehead atoms. The van der Waals surface area contributed by atoms with E-state index in [1.54, 1.807) is 0 Å². The van der Waals surface area contributed by atoms with Gasteiger partial charge in [0.2, 0.25) is 0 Å². The van der Waals surface area contributed by atoms with Crippen LogP contribution in [0.25, 0.3) is 0 Å². The number of aryl methyl sites for hydroxylation is 1. The van der Waals surface area contributed by atoms with Gasteiger partial charge in [-0.1, -0.05) is 30.3 Å². The molecule has 2 nitrogen and oxygen atoms in total. The van der Waals surface area contributed by atoms with Gasteiger partial charge in [0.1, 0.15) is 0 Å². The third-order valence-corrected chi connectivity index (χ3v) is 3.23. The van der Waals surface area contributed by atoms with Crippen molar-refractivity contribution in [3.8, 4) is 0 Å². The van der Waals surface area contributed by atoms with Gasteiger partial charge in [0.05, 0.1) is 0 Å². The van der Waals surface area contributed by atoms with Crippen molar-refractivity contribution in [3.05, 3.63) is 63.9 Å². The highest BCUT2D eigenvalue weighted by Gasteiger charge is 2.09. The first-order valence-electron chi connectivity index (χ1n) is 5.58. The highest BCUT2D eigenvalue weighted by molar-refractivity contribution is 9.10. The molecule has 0 aliphatic carbocycles. The normalized spacial score (nSPS) is 12.4. The van der Waals surface area contributed by atoms with E-state index in [9.17, 15) is 0 Å². The van der Waals surface area contributed by atoms with Crippen molar-refractivity contribution in [2.45, 2.75) is 19.4 Å². The van der Waals surface area contributed by atoms with Crippen LogP contribution in [0.2, 0.25) is 0 Å². The fourth-order valence-electron chi connectivity index (χ4n) is 1.81. The molecule has 1 unspecified atom stereocenters. The van der Waals surface area contributed by atoms with E-state index in [-0.39, 0.29) is 6.04 Å². The summed E-state index contributed by atoms with van der Waals surface area (Å²) >= 11 is 3.41. The minimum Gasteiger partial charge on any atom is -0.324 e. The van der Waals surface area contributed by atoms with Crippen LogP contribution in [0.5, 0.6) is 0 Å². The Labute approximate surface area is 110 Å². The van der Waals surface area contributed by atoms with E-state index in [1.165, 1.54) is 5.56 Å². The SMILES string of the molecule is Cc1cc(Br)cnc1CC(N)c1ccccc1. The van der Waals surface area contributed by atoms with E-state index in [4.69, 9.17) is 5.73 Å². The molecular formula is C14H15BrN2. The number of aromatic nitrogens is 1. The van der Waals surface area contributed by atoms with Crippen LogP contribution in [0, 0.1) is 6.92 Å². The number of hydrogen-bond donors (Lipinski definition) is 1. The molecule has 0 saturated heterocycles. The van der Waals surface area contributed by atoms with E-state index >= 15 is 0 Å². The maximum Gasteiger partial charge on any atom is 0.0452 e. The van der Waals surface area contributed by atoms with Crippen LogP contribution in [0.4, 0.5) is 0 Å². The summed E-state index contributed by atoms with van der Waals surface area (Å²) in [5.74, 6) is 0. The van der Waals surface area contributed by atoms with E-state index < -0.39 is 0 Å². The number of nitrogens with zero attached hydrogens (tertiary/aromatic N) is 1. The molecule has 0 spiro atoms. The minimum atomic E-state index is 0.00331. The van der Waals surface area contributed by atoms with Crippen molar-refractivity contribution in [1.82, 2.24) is 4.98 Å². The standard InChI is InChI=1S/C14H15BrN2/c1-10-7-12(15)9-17-14(10)8-13(16)11-5-3-2-4-6-11/h2-7,9,13H,8,16H2,1H3. The molecule has 1 atom stereocenters. The topological polar surface area (TPSA) is 38.9 Å². The molecular weight excluding hydrogens is 276 g/mol. The Morgan fingerprint density at radius 3 is 2.65 bits per heavy atom. The lowest BCUT2D eigenvalue weighted by atomic mass is 10.0. The monoisotopic (exact) mass is 290 g/mol. The fourth-order valence-corrected chi connectivity index (χ4v) is 2.25. The van der Waals surface area contributed by atoms with E-state index in [0.29, 0.717) is 0 Å². The van der Waals surface area contributed by atoms with E-state index in [0.717, 1.165) is 22.2 Å². The van der Waals surface area contributed by atoms with Gasteiger partial charge in [-0.2, -0.15) is 0 Å². The largest absolute Gasteiger partial charge is 0.324 e. The lowest BCUT2D eigenvalue weighted by Crippen LogP contribution is -2.14. The number of rotatable bonds is 3. The van der Waals surface area contributed by atoms with E-state index in [2.05, 4.69) is 46.0 Å². The molecule has 2 N–H and O–H groups in total. The van der Waals surface area contributed by atoms with Crippen LogP contribution >= 0.6 is 15.9 Å². The molecule has 88 valence electrons.